The van der Waals surface area contributed by atoms with Gasteiger partial charge in [-0.3, -0.25) is 0 Å². The number of imidazole rings is 1. The average Bonchev–Trinajstić information content (AvgIpc) is 3.08. The van der Waals surface area contributed by atoms with E-state index in [-0.39, 0.29) is 30.6 Å². The second-order valence-corrected chi connectivity index (χ2v) is 5.85. The number of carbonyl (C=O) groups excluding carboxylic acids is 1. The zero-order valence-electron chi connectivity index (χ0n) is 13.7. The van der Waals surface area contributed by atoms with Crippen LogP contribution in [0.2, 0.25) is 0 Å². The number of nitrogens with zero attached hydrogens (tertiary/aromatic N) is 2. The van der Waals surface area contributed by atoms with Crippen molar-refractivity contribution in [1.82, 2.24) is 20.2 Å². The molecular formula is C17H24N4O2. The number of amides is 2. The Labute approximate surface area is 136 Å². The third-order valence-corrected chi connectivity index (χ3v) is 4.02. The van der Waals surface area contributed by atoms with E-state index < -0.39 is 0 Å². The van der Waals surface area contributed by atoms with Crippen molar-refractivity contribution in [3.63, 3.8) is 0 Å². The molecule has 3 N–H and O–H groups in total. The Hall–Kier alpha value is -2.34. The summed E-state index contributed by atoms with van der Waals surface area (Å²) >= 11 is 0. The quantitative estimate of drug-likeness (QED) is 0.765. The molecule has 23 heavy (non-hydrogen) atoms. The maximum absolute atomic E-state index is 12.1. The number of hydrogen-bond acceptors (Lipinski definition) is 3. The molecule has 0 aliphatic rings. The monoisotopic (exact) mass is 316 g/mol. The van der Waals surface area contributed by atoms with Crippen molar-refractivity contribution in [2.75, 3.05) is 6.61 Å². The van der Waals surface area contributed by atoms with Gasteiger partial charge in [0.15, 0.2) is 0 Å². The Morgan fingerprint density at radius 3 is 2.74 bits per heavy atom. The molecule has 124 valence electrons. The van der Waals surface area contributed by atoms with Gasteiger partial charge in [0.2, 0.25) is 0 Å². The van der Waals surface area contributed by atoms with Crippen molar-refractivity contribution in [2.24, 2.45) is 5.92 Å². The van der Waals surface area contributed by atoms with E-state index in [1.807, 2.05) is 55.8 Å². The summed E-state index contributed by atoms with van der Waals surface area (Å²) in [5.74, 6) is 0.0145. The summed E-state index contributed by atoms with van der Waals surface area (Å²) in [5, 5.41) is 14.9. The summed E-state index contributed by atoms with van der Waals surface area (Å²) in [7, 11) is 0. The number of carbonyl (C=O) groups is 1. The molecule has 1 heterocycles. The molecule has 0 fully saturated rings. The fraction of sp³-hybridized carbons (Fsp3) is 0.412. The number of rotatable bonds is 6. The lowest BCUT2D eigenvalue weighted by Crippen LogP contribution is -2.44. The van der Waals surface area contributed by atoms with Crippen molar-refractivity contribution in [3.8, 4) is 5.69 Å². The summed E-state index contributed by atoms with van der Waals surface area (Å²) in [5.41, 5.74) is 2.01. The number of hydrogen-bond donors (Lipinski definition) is 3. The predicted molar refractivity (Wildman–Crippen MR) is 89.4 cm³/mol. The molecule has 2 amide bonds. The molecule has 0 saturated carbocycles. The lowest BCUT2D eigenvalue weighted by Gasteiger charge is -2.22. The van der Waals surface area contributed by atoms with Crippen LogP contribution in [0.15, 0.2) is 43.0 Å². The molecule has 6 heteroatoms. The van der Waals surface area contributed by atoms with E-state index in [9.17, 15) is 4.79 Å². The highest BCUT2D eigenvalue weighted by atomic mass is 16.3. The molecule has 2 aromatic rings. The summed E-state index contributed by atoms with van der Waals surface area (Å²) in [6, 6.07) is 7.48. The first-order valence-corrected chi connectivity index (χ1v) is 7.77. The number of nitrogens with one attached hydrogen (secondary N) is 2. The number of aromatic nitrogens is 2. The van der Waals surface area contributed by atoms with Crippen molar-refractivity contribution in [1.29, 1.82) is 0 Å². The van der Waals surface area contributed by atoms with Gasteiger partial charge in [0.05, 0.1) is 12.4 Å². The SMILES string of the molecule is CC(NC(=O)NC(C)C(C)CO)c1cccc(-n2ccnc2)c1. The topological polar surface area (TPSA) is 79.2 Å². The summed E-state index contributed by atoms with van der Waals surface area (Å²) in [4.78, 5) is 16.1. The standard InChI is InChI=1S/C17H24N4O2/c1-12(10-22)13(2)19-17(23)20-14(3)15-5-4-6-16(9-15)21-8-7-18-11-21/h4-9,11-14,22H,10H2,1-3H3,(H2,19,20,23). The van der Waals surface area contributed by atoms with Gasteiger partial charge in [-0.15, -0.1) is 0 Å². The molecule has 1 aromatic heterocycles. The van der Waals surface area contributed by atoms with Crippen molar-refractivity contribution >= 4 is 6.03 Å². The van der Waals surface area contributed by atoms with Crippen LogP contribution >= 0.6 is 0 Å². The van der Waals surface area contributed by atoms with Crippen LogP contribution in [0, 0.1) is 5.92 Å². The lowest BCUT2D eigenvalue weighted by molar-refractivity contribution is 0.199. The Bertz CT molecular complexity index is 627. The first kappa shape index (κ1) is 17.0. The fourth-order valence-corrected chi connectivity index (χ4v) is 2.20. The minimum absolute atomic E-state index is 0.0145. The second kappa shape index (κ2) is 7.78. The van der Waals surface area contributed by atoms with Crippen LogP contribution in [0.4, 0.5) is 4.79 Å². The zero-order valence-corrected chi connectivity index (χ0v) is 13.7. The third-order valence-electron chi connectivity index (χ3n) is 4.02. The molecule has 1 aromatic carbocycles. The molecular weight excluding hydrogens is 292 g/mol. The first-order chi connectivity index (χ1) is 11.0. The summed E-state index contributed by atoms with van der Waals surface area (Å²) in [6.07, 6.45) is 5.34. The molecule has 0 aliphatic carbocycles. The highest BCUT2D eigenvalue weighted by Gasteiger charge is 2.16. The molecule has 0 saturated heterocycles. The Kier molecular flexibility index (Phi) is 5.76. The van der Waals surface area contributed by atoms with Crippen LogP contribution in [-0.4, -0.2) is 33.3 Å². The van der Waals surface area contributed by atoms with Crippen molar-refractivity contribution in [2.45, 2.75) is 32.9 Å². The number of urea groups is 1. The Balaban J connectivity index is 1.99. The molecule has 0 spiro atoms. The van der Waals surface area contributed by atoms with Gasteiger partial charge in [0, 0.05) is 30.7 Å². The fourth-order valence-electron chi connectivity index (χ4n) is 2.20. The van der Waals surface area contributed by atoms with Crippen LogP contribution in [0.5, 0.6) is 0 Å². The van der Waals surface area contributed by atoms with Gasteiger partial charge in [0.1, 0.15) is 0 Å². The van der Waals surface area contributed by atoms with Gasteiger partial charge < -0.3 is 20.3 Å². The van der Waals surface area contributed by atoms with Gasteiger partial charge in [-0.1, -0.05) is 19.1 Å². The van der Waals surface area contributed by atoms with E-state index in [0.717, 1.165) is 11.3 Å². The summed E-state index contributed by atoms with van der Waals surface area (Å²) < 4.78 is 1.92. The normalized spacial score (nSPS) is 14.8. The van der Waals surface area contributed by atoms with Gasteiger partial charge >= 0.3 is 6.03 Å². The average molecular weight is 316 g/mol. The van der Waals surface area contributed by atoms with E-state index >= 15 is 0 Å². The van der Waals surface area contributed by atoms with E-state index in [4.69, 9.17) is 5.11 Å². The molecule has 0 bridgehead atoms. The molecule has 0 aliphatic heterocycles. The third kappa shape index (κ3) is 4.56. The number of aliphatic hydroxyl groups is 1. The predicted octanol–water partition coefficient (Wildman–Crippen LogP) is 2.25. The van der Waals surface area contributed by atoms with Gasteiger partial charge in [-0.2, -0.15) is 0 Å². The largest absolute Gasteiger partial charge is 0.396 e. The van der Waals surface area contributed by atoms with Crippen LogP contribution in [0.3, 0.4) is 0 Å². The minimum atomic E-state index is -0.238. The molecule has 0 radical (unpaired) electrons. The Morgan fingerprint density at radius 2 is 2.09 bits per heavy atom. The smallest absolute Gasteiger partial charge is 0.315 e. The highest BCUT2D eigenvalue weighted by Crippen LogP contribution is 2.16. The molecule has 2 rings (SSSR count). The summed E-state index contributed by atoms with van der Waals surface area (Å²) in [6.45, 7) is 5.75. The molecule has 6 nitrogen and oxygen atoms in total. The maximum Gasteiger partial charge on any atom is 0.315 e. The zero-order chi connectivity index (χ0) is 16.8. The van der Waals surface area contributed by atoms with Crippen molar-refractivity contribution < 1.29 is 9.90 Å². The molecule has 3 atom stereocenters. The van der Waals surface area contributed by atoms with Crippen LogP contribution in [0.25, 0.3) is 5.69 Å². The second-order valence-electron chi connectivity index (χ2n) is 5.85. The highest BCUT2D eigenvalue weighted by molar-refractivity contribution is 5.74. The van der Waals surface area contributed by atoms with Gasteiger partial charge in [0.25, 0.3) is 0 Å². The van der Waals surface area contributed by atoms with E-state index in [0.29, 0.717) is 0 Å². The van der Waals surface area contributed by atoms with Crippen molar-refractivity contribution in [3.05, 3.63) is 48.5 Å². The van der Waals surface area contributed by atoms with Crippen LogP contribution in [-0.2, 0) is 0 Å². The molecule has 3 unspecified atom stereocenters. The van der Waals surface area contributed by atoms with E-state index in [1.54, 1.807) is 12.5 Å². The van der Waals surface area contributed by atoms with E-state index in [2.05, 4.69) is 15.6 Å². The van der Waals surface area contributed by atoms with Crippen LogP contribution < -0.4 is 10.6 Å². The van der Waals surface area contributed by atoms with Gasteiger partial charge in [-0.25, -0.2) is 9.78 Å². The lowest BCUT2D eigenvalue weighted by atomic mass is 10.1. The number of benzene rings is 1. The maximum atomic E-state index is 12.1. The van der Waals surface area contributed by atoms with Crippen LogP contribution in [0.1, 0.15) is 32.4 Å². The van der Waals surface area contributed by atoms with Gasteiger partial charge in [-0.05, 0) is 37.5 Å². The number of aliphatic hydroxyl groups excluding tert-OH is 1. The minimum Gasteiger partial charge on any atom is -0.396 e. The van der Waals surface area contributed by atoms with E-state index in [1.165, 1.54) is 0 Å². The first-order valence-electron chi connectivity index (χ1n) is 7.77. The Morgan fingerprint density at radius 1 is 1.30 bits per heavy atom.